The molecular weight excluding hydrogens is 202 g/mol. The highest BCUT2D eigenvalue weighted by molar-refractivity contribution is 5.80. The summed E-state index contributed by atoms with van der Waals surface area (Å²) in [6, 6.07) is 0.329. The molecule has 4 nitrogen and oxygen atoms in total. The van der Waals surface area contributed by atoms with Crippen LogP contribution in [0.5, 0.6) is 0 Å². The Hall–Kier alpha value is -0.870. The van der Waals surface area contributed by atoms with E-state index in [1.807, 2.05) is 13.0 Å². The lowest BCUT2D eigenvalue weighted by molar-refractivity contribution is 0.105. The minimum absolute atomic E-state index is 0.329. The predicted molar refractivity (Wildman–Crippen MR) is 67.5 cm³/mol. The highest BCUT2D eigenvalue weighted by atomic mass is 16.5. The van der Waals surface area contributed by atoms with E-state index in [4.69, 9.17) is 10.5 Å². The first kappa shape index (κ1) is 13.2. The van der Waals surface area contributed by atoms with Crippen molar-refractivity contribution in [2.75, 3.05) is 26.4 Å². The van der Waals surface area contributed by atoms with Gasteiger partial charge in [0.25, 0.3) is 0 Å². The van der Waals surface area contributed by atoms with Crippen LogP contribution in [-0.2, 0) is 4.74 Å². The van der Waals surface area contributed by atoms with Gasteiger partial charge >= 0.3 is 0 Å². The summed E-state index contributed by atoms with van der Waals surface area (Å²) in [6.45, 7) is 10.9. The molecule has 0 spiro atoms. The predicted octanol–water partition coefficient (Wildman–Crippen LogP) is 1.23. The van der Waals surface area contributed by atoms with E-state index < -0.39 is 0 Å². The van der Waals surface area contributed by atoms with Crippen molar-refractivity contribution in [2.45, 2.75) is 26.3 Å². The third-order valence-electron chi connectivity index (χ3n) is 3.09. The molecule has 0 aromatic heterocycles. The van der Waals surface area contributed by atoms with E-state index in [0.29, 0.717) is 18.6 Å². The van der Waals surface area contributed by atoms with Gasteiger partial charge in [-0.15, -0.1) is 6.58 Å². The molecule has 92 valence electrons. The van der Waals surface area contributed by atoms with Gasteiger partial charge in [0.2, 0.25) is 0 Å². The zero-order valence-electron chi connectivity index (χ0n) is 10.4. The standard InChI is InChI=1S/C12H23N3O/c1-4-10(2)12-8-16-7-5-6-15(12)11(3)14-9-13/h4,10,12H,1,5-9,13H2,2-3H3/b14-11+. The largest absolute Gasteiger partial charge is 0.379 e. The first-order valence-electron chi connectivity index (χ1n) is 5.88. The molecule has 2 unspecified atom stereocenters. The van der Waals surface area contributed by atoms with Crippen molar-refractivity contribution in [3.63, 3.8) is 0 Å². The molecule has 1 saturated heterocycles. The Morgan fingerprint density at radius 2 is 2.50 bits per heavy atom. The zero-order chi connectivity index (χ0) is 12.0. The van der Waals surface area contributed by atoms with Gasteiger partial charge in [-0.25, -0.2) is 0 Å². The number of nitrogens with two attached hydrogens (primary N) is 1. The van der Waals surface area contributed by atoms with Gasteiger partial charge in [-0.3, -0.25) is 4.99 Å². The lowest BCUT2D eigenvalue weighted by atomic mass is 10.0. The molecular formula is C12H23N3O. The van der Waals surface area contributed by atoms with E-state index in [0.717, 1.165) is 32.0 Å². The van der Waals surface area contributed by atoms with Crippen LogP contribution in [0.2, 0.25) is 0 Å². The Labute approximate surface area is 98.2 Å². The Morgan fingerprint density at radius 1 is 1.75 bits per heavy atom. The first-order chi connectivity index (χ1) is 7.70. The van der Waals surface area contributed by atoms with E-state index in [2.05, 4.69) is 23.4 Å². The van der Waals surface area contributed by atoms with Crippen LogP contribution < -0.4 is 5.73 Å². The van der Waals surface area contributed by atoms with Crippen LogP contribution >= 0.6 is 0 Å². The number of aliphatic imine (C=N–C) groups is 1. The Balaban J connectivity index is 2.80. The van der Waals surface area contributed by atoms with Crippen LogP contribution in [0, 0.1) is 5.92 Å². The molecule has 1 heterocycles. The smallest absolute Gasteiger partial charge is 0.0977 e. The molecule has 2 N–H and O–H groups in total. The number of amidine groups is 1. The maximum atomic E-state index is 5.61. The Morgan fingerprint density at radius 3 is 3.12 bits per heavy atom. The molecule has 16 heavy (non-hydrogen) atoms. The maximum Gasteiger partial charge on any atom is 0.0977 e. The van der Waals surface area contributed by atoms with Crippen LogP contribution in [0.4, 0.5) is 0 Å². The molecule has 1 aliphatic rings. The molecule has 2 atom stereocenters. The molecule has 0 aliphatic carbocycles. The van der Waals surface area contributed by atoms with Gasteiger partial charge in [-0.1, -0.05) is 13.0 Å². The van der Waals surface area contributed by atoms with E-state index in [1.54, 1.807) is 0 Å². The van der Waals surface area contributed by atoms with Crippen LogP contribution in [0.1, 0.15) is 20.3 Å². The molecule has 1 fully saturated rings. The second-order valence-electron chi connectivity index (χ2n) is 4.17. The Bertz CT molecular complexity index is 253. The van der Waals surface area contributed by atoms with E-state index in [1.165, 1.54) is 0 Å². The second kappa shape index (κ2) is 6.66. The molecule has 1 aliphatic heterocycles. The monoisotopic (exact) mass is 225 g/mol. The van der Waals surface area contributed by atoms with Gasteiger partial charge in [0.1, 0.15) is 0 Å². The zero-order valence-corrected chi connectivity index (χ0v) is 10.4. The van der Waals surface area contributed by atoms with E-state index in [9.17, 15) is 0 Å². The summed E-state index contributed by atoms with van der Waals surface area (Å²) >= 11 is 0. The van der Waals surface area contributed by atoms with Gasteiger partial charge in [-0.2, -0.15) is 0 Å². The first-order valence-corrected chi connectivity index (χ1v) is 5.88. The van der Waals surface area contributed by atoms with Crippen molar-refractivity contribution in [2.24, 2.45) is 16.6 Å². The molecule has 0 aromatic carbocycles. The number of rotatable bonds is 3. The summed E-state index contributed by atoms with van der Waals surface area (Å²) in [5, 5.41) is 0. The number of nitrogens with zero attached hydrogens (tertiary/aromatic N) is 2. The van der Waals surface area contributed by atoms with Crippen molar-refractivity contribution in [3.8, 4) is 0 Å². The second-order valence-corrected chi connectivity index (χ2v) is 4.17. The fourth-order valence-corrected chi connectivity index (χ4v) is 2.01. The van der Waals surface area contributed by atoms with Crippen molar-refractivity contribution in [3.05, 3.63) is 12.7 Å². The van der Waals surface area contributed by atoms with Crippen LogP contribution in [0.3, 0.4) is 0 Å². The van der Waals surface area contributed by atoms with Crippen molar-refractivity contribution in [1.82, 2.24) is 4.90 Å². The lowest BCUT2D eigenvalue weighted by Gasteiger charge is -2.33. The average Bonchev–Trinajstić information content (AvgIpc) is 2.53. The van der Waals surface area contributed by atoms with Gasteiger partial charge in [0.15, 0.2) is 0 Å². The highest BCUT2D eigenvalue weighted by Gasteiger charge is 2.25. The molecule has 0 bridgehead atoms. The Kier molecular flexibility index (Phi) is 5.49. The van der Waals surface area contributed by atoms with Crippen molar-refractivity contribution < 1.29 is 4.74 Å². The number of hydrogen-bond acceptors (Lipinski definition) is 3. The summed E-state index contributed by atoms with van der Waals surface area (Å²) in [7, 11) is 0. The fraction of sp³-hybridized carbons (Fsp3) is 0.750. The van der Waals surface area contributed by atoms with E-state index >= 15 is 0 Å². The number of ether oxygens (including phenoxy) is 1. The lowest BCUT2D eigenvalue weighted by Crippen LogP contribution is -2.44. The molecule has 0 aromatic rings. The van der Waals surface area contributed by atoms with Crippen molar-refractivity contribution >= 4 is 5.84 Å². The van der Waals surface area contributed by atoms with Gasteiger partial charge in [-0.05, 0) is 19.3 Å². The normalized spacial score (nSPS) is 25.1. The molecule has 0 radical (unpaired) electrons. The molecule has 0 saturated carbocycles. The van der Waals surface area contributed by atoms with Crippen LogP contribution in [0.25, 0.3) is 0 Å². The topological polar surface area (TPSA) is 50.8 Å². The van der Waals surface area contributed by atoms with Crippen molar-refractivity contribution in [1.29, 1.82) is 0 Å². The third-order valence-corrected chi connectivity index (χ3v) is 3.09. The van der Waals surface area contributed by atoms with Crippen LogP contribution in [0.15, 0.2) is 17.6 Å². The molecule has 4 heteroatoms. The quantitative estimate of drug-likeness (QED) is 0.446. The summed E-state index contributed by atoms with van der Waals surface area (Å²) < 4.78 is 5.61. The van der Waals surface area contributed by atoms with Gasteiger partial charge < -0.3 is 15.4 Å². The maximum absolute atomic E-state index is 5.61. The summed E-state index contributed by atoms with van der Waals surface area (Å²) in [6.07, 6.45) is 3.01. The summed E-state index contributed by atoms with van der Waals surface area (Å²) in [5.41, 5.74) is 5.46. The average molecular weight is 225 g/mol. The molecule has 1 rings (SSSR count). The number of hydrogen-bond donors (Lipinski definition) is 1. The SMILES string of the molecule is C=CC(C)C1COCCCN1/C(C)=N/CN. The van der Waals surface area contributed by atoms with E-state index in [-0.39, 0.29) is 0 Å². The minimum Gasteiger partial charge on any atom is -0.379 e. The van der Waals surface area contributed by atoms with Gasteiger partial charge in [0, 0.05) is 13.2 Å². The molecule has 0 amide bonds. The highest BCUT2D eigenvalue weighted by Crippen LogP contribution is 2.17. The fourth-order valence-electron chi connectivity index (χ4n) is 2.01. The van der Waals surface area contributed by atoms with Gasteiger partial charge in [0.05, 0.1) is 25.2 Å². The summed E-state index contributed by atoms with van der Waals surface area (Å²) in [5.74, 6) is 1.40. The van der Waals surface area contributed by atoms with Crippen LogP contribution in [-0.4, -0.2) is 43.2 Å². The minimum atomic E-state index is 0.329. The third kappa shape index (κ3) is 3.32. The summed E-state index contributed by atoms with van der Waals surface area (Å²) in [4.78, 5) is 6.59.